The topological polar surface area (TPSA) is 26.0 Å². The molecular weight excluding hydrogens is 333 g/mol. The van der Waals surface area contributed by atoms with Crippen LogP contribution in [0.5, 0.6) is 0 Å². The lowest BCUT2D eigenvalue weighted by Crippen LogP contribution is -2.41. The average Bonchev–Trinajstić information content (AvgIpc) is 2.54. The molecule has 1 nitrogen and oxygen atoms in total. The minimum absolute atomic E-state index is 0.0384. The molecule has 1 aliphatic carbocycles. The normalized spacial score (nSPS) is 28.9. The van der Waals surface area contributed by atoms with E-state index < -0.39 is 0 Å². The zero-order valence-electron chi connectivity index (χ0n) is 11.3. The van der Waals surface area contributed by atoms with Crippen LogP contribution in [0.3, 0.4) is 0 Å². The Labute approximate surface area is 125 Å². The van der Waals surface area contributed by atoms with Crippen LogP contribution in [0.2, 0.25) is 0 Å². The van der Waals surface area contributed by atoms with Gasteiger partial charge < -0.3 is 5.73 Å². The van der Waals surface area contributed by atoms with Crippen molar-refractivity contribution in [3.63, 3.8) is 0 Å². The maximum Gasteiger partial charge on any atom is 0.0195 e. The maximum absolute atomic E-state index is 6.64. The van der Waals surface area contributed by atoms with E-state index in [0.717, 1.165) is 12.3 Å². The highest BCUT2D eigenvalue weighted by Gasteiger charge is 2.28. The van der Waals surface area contributed by atoms with Crippen LogP contribution >= 0.6 is 22.6 Å². The molecule has 0 bridgehead atoms. The first-order chi connectivity index (χ1) is 8.61. The second kappa shape index (κ2) is 6.38. The highest BCUT2D eigenvalue weighted by Crippen LogP contribution is 2.32. The first-order valence-corrected chi connectivity index (χ1v) is 8.22. The number of hydrogen-bond donors (Lipinski definition) is 1. The molecule has 2 N–H and O–H groups in total. The van der Waals surface area contributed by atoms with Crippen LogP contribution in [-0.4, -0.2) is 5.54 Å². The predicted octanol–water partition coefficient (Wildman–Crippen LogP) is 4.52. The van der Waals surface area contributed by atoms with Crippen LogP contribution in [0.4, 0.5) is 0 Å². The van der Waals surface area contributed by atoms with E-state index in [-0.39, 0.29) is 5.54 Å². The third-order valence-electron chi connectivity index (χ3n) is 4.38. The van der Waals surface area contributed by atoms with Crippen LogP contribution in [0.15, 0.2) is 24.3 Å². The van der Waals surface area contributed by atoms with Gasteiger partial charge in [0.05, 0.1) is 0 Å². The Morgan fingerprint density at radius 2 is 1.94 bits per heavy atom. The van der Waals surface area contributed by atoms with E-state index >= 15 is 0 Å². The molecule has 2 heteroatoms. The summed E-state index contributed by atoms with van der Waals surface area (Å²) in [5.74, 6) is 0.909. The Morgan fingerprint density at radius 1 is 1.22 bits per heavy atom. The fraction of sp³-hybridized carbons (Fsp3) is 0.625. The molecule has 0 heterocycles. The van der Waals surface area contributed by atoms with Crippen LogP contribution < -0.4 is 5.73 Å². The van der Waals surface area contributed by atoms with Gasteiger partial charge in [0.1, 0.15) is 0 Å². The summed E-state index contributed by atoms with van der Waals surface area (Å²) < 4.78 is 1.30. The standard InChI is InChI=1S/C16H24IN/c1-2-13-4-3-10-16(18,11-9-13)12-14-5-7-15(17)8-6-14/h5-8,13H,2-4,9-12,18H2,1H3. The van der Waals surface area contributed by atoms with Gasteiger partial charge in [-0.25, -0.2) is 0 Å². The lowest BCUT2D eigenvalue weighted by molar-refractivity contribution is 0.358. The number of halogens is 1. The summed E-state index contributed by atoms with van der Waals surface area (Å²) in [5.41, 5.74) is 8.08. The molecular formula is C16H24IN. The fourth-order valence-electron chi connectivity index (χ4n) is 3.10. The van der Waals surface area contributed by atoms with Gasteiger partial charge >= 0.3 is 0 Å². The lowest BCUT2D eigenvalue weighted by atomic mass is 9.84. The van der Waals surface area contributed by atoms with Crippen LogP contribution in [0.25, 0.3) is 0 Å². The smallest absolute Gasteiger partial charge is 0.0195 e. The number of nitrogens with two attached hydrogens (primary N) is 1. The van der Waals surface area contributed by atoms with Gasteiger partial charge in [-0.1, -0.05) is 38.3 Å². The Morgan fingerprint density at radius 3 is 2.61 bits per heavy atom. The Kier molecular flexibility index (Phi) is 5.07. The molecule has 100 valence electrons. The largest absolute Gasteiger partial charge is 0.325 e. The third kappa shape index (κ3) is 3.95. The van der Waals surface area contributed by atoms with Crippen molar-refractivity contribution in [2.45, 2.75) is 57.4 Å². The first-order valence-electron chi connectivity index (χ1n) is 7.15. The van der Waals surface area contributed by atoms with Crippen molar-refractivity contribution in [3.8, 4) is 0 Å². The average molecular weight is 357 g/mol. The van der Waals surface area contributed by atoms with E-state index in [0.29, 0.717) is 0 Å². The van der Waals surface area contributed by atoms with Gasteiger partial charge in [0.15, 0.2) is 0 Å². The molecule has 2 unspecified atom stereocenters. The molecule has 0 amide bonds. The molecule has 0 aromatic heterocycles. The Bertz CT molecular complexity index is 373. The summed E-state index contributed by atoms with van der Waals surface area (Å²) in [6, 6.07) is 8.84. The monoisotopic (exact) mass is 357 g/mol. The van der Waals surface area contributed by atoms with Crippen molar-refractivity contribution in [2.24, 2.45) is 11.7 Å². The Hall–Kier alpha value is -0.0900. The zero-order chi connectivity index (χ0) is 13.0. The predicted molar refractivity (Wildman–Crippen MR) is 86.6 cm³/mol. The van der Waals surface area contributed by atoms with Crippen molar-refractivity contribution in [1.29, 1.82) is 0 Å². The Balaban J connectivity index is 2.00. The first kappa shape index (κ1) is 14.3. The number of rotatable bonds is 3. The molecule has 0 aliphatic heterocycles. The molecule has 18 heavy (non-hydrogen) atoms. The molecule has 2 rings (SSSR count). The molecule has 1 saturated carbocycles. The molecule has 1 aliphatic rings. The van der Waals surface area contributed by atoms with E-state index in [9.17, 15) is 0 Å². The van der Waals surface area contributed by atoms with Gasteiger partial charge in [-0.2, -0.15) is 0 Å². The summed E-state index contributed by atoms with van der Waals surface area (Å²) in [5, 5.41) is 0. The molecule has 1 aromatic carbocycles. The van der Waals surface area contributed by atoms with Crippen molar-refractivity contribution >= 4 is 22.6 Å². The summed E-state index contributed by atoms with van der Waals surface area (Å²) in [6.45, 7) is 2.31. The maximum atomic E-state index is 6.64. The van der Waals surface area contributed by atoms with E-state index in [2.05, 4.69) is 53.8 Å². The van der Waals surface area contributed by atoms with Gasteiger partial charge in [0, 0.05) is 9.11 Å². The van der Waals surface area contributed by atoms with Gasteiger partial charge in [-0.15, -0.1) is 0 Å². The van der Waals surface area contributed by atoms with E-state index in [1.54, 1.807) is 0 Å². The second-order valence-electron chi connectivity index (χ2n) is 5.87. The molecule has 0 spiro atoms. The van der Waals surface area contributed by atoms with E-state index in [1.807, 2.05) is 0 Å². The molecule has 0 saturated heterocycles. The van der Waals surface area contributed by atoms with Crippen LogP contribution in [-0.2, 0) is 6.42 Å². The number of hydrogen-bond acceptors (Lipinski definition) is 1. The van der Waals surface area contributed by atoms with Crippen molar-refractivity contribution in [3.05, 3.63) is 33.4 Å². The van der Waals surface area contributed by atoms with Gasteiger partial charge in [0.25, 0.3) is 0 Å². The van der Waals surface area contributed by atoms with Crippen molar-refractivity contribution < 1.29 is 0 Å². The SMILES string of the molecule is CCC1CCCC(N)(Cc2ccc(I)cc2)CC1. The number of benzene rings is 1. The summed E-state index contributed by atoms with van der Waals surface area (Å²) in [7, 11) is 0. The van der Waals surface area contributed by atoms with Crippen LogP contribution in [0.1, 0.15) is 51.0 Å². The van der Waals surface area contributed by atoms with Crippen molar-refractivity contribution in [1.82, 2.24) is 0 Å². The third-order valence-corrected chi connectivity index (χ3v) is 5.10. The fourth-order valence-corrected chi connectivity index (χ4v) is 3.46. The van der Waals surface area contributed by atoms with Gasteiger partial charge in [0.2, 0.25) is 0 Å². The highest BCUT2D eigenvalue weighted by atomic mass is 127. The minimum atomic E-state index is 0.0384. The molecule has 2 atom stereocenters. The summed E-state index contributed by atoms with van der Waals surface area (Å²) in [6.07, 6.45) is 8.74. The van der Waals surface area contributed by atoms with Crippen LogP contribution in [0, 0.1) is 9.49 Å². The lowest BCUT2D eigenvalue weighted by Gasteiger charge is -2.28. The summed E-state index contributed by atoms with van der Waals surface area (Å²) >= 11 is 2.35. The molecule has 1 aromatic rings. The minimum Gasteiger partial charge on any atom is -0.325 e. The van der Waals surface area contributed by atoms with Crippen molar-refractivity contribution in [2.75, 3.05) is 0 Å². The van der Waals surface area contributed by atoms with E-state index in [1.165, 1.54) is 47.7 Å². The van der Waals surface area contributed by atoms with E-state index in [4.69, 9.17) is 5.73 Å². The second-order valence-corrected chi connectivity index (χ2v) is 7.12. The highest BCUT2D eigenvalue weighted by molar-refractivity contribution is 14.1. The quantitative estimate of drug-likeness (QED) is 0.625. The van der Waals surface area contributed by atoms with Gasteiger partial charge in [-0.05, 0) is 71.9 Å². The van der Waals surface area contributed by atoms with Gasteiger partial charge in [-0.3, -0.25) is 0 Å². The summed E-state index contributed by atoms with van der Waals surface area (Å²) in [4.78, 5) is 0. The molecule has 0 radical (unpaired) electrons. The zero-order valence-corrected chi connectivity index (χ0v) is 13.4. The molecule has 1 fully saturated rings.